The largest absolute Gasteiger partial charge is 0.491 e. The maximum Gasteiger partial charge on any atom is 0.266 e. The Labute approximate surface area is 159 Å². The van der Waals surface area contributed by atoms with Crippen molar-refractivity contribution in [3.63, 3.8) is 0 Å². The average Bonchev–Trinajstić information content (AvgIpc) is 2.65. The van der Waals surface area contributed by atoms with Crippen LogP contribution in [0.2, 0.25) is 0 Å². The summed E-state index contributed by atoms with van der Waals surface area (Å²) >= 11 is 0. The van der Waals surface area contributed by atoms with E-state index in [0.29, 0.717) is 22.7 Å². The van der Waals surface area contributed by atoms with Crippen molar-refractivity contribution in [2.75, 3.05) is 11.9 Å². The number of nitrogens with one attached hydrogen (secondary N) is 1. The molecule has 0 radical (unpaired) electrons. The second-order valence-electron chi connectivity index (χ2n) is 5.88. The molecular formula is C22H20N2O3. The minimum atomic E-state index is -0.494. The molecule has 0 atom stereocenters. The van der Waals surface area contributed by atoms with E-state index in [9.17, 15) is 10.1 Å². The van der Waals surface area contributed by atoms with Gasteiger partial charge in [-0.2, -0.15) is 5.26 Å². The molecule has 0 saturated heterocycles. The van der Waals surface area contributed by atoms with Gasteiger partial charge < -0.3 is 14.8 Å². The Bertz CT molecular complexity index is 900. The highest BCUT2D eigenvalue weighted by molar-refractivity contribution is 6.09. The van der Waals surface area contributed by atoms with Crippen molar-refractivity contribution in [1.82, 2.24) is 0 Å². The van der Waals surface area contributed by atoms with E-state index in [4.69, 9.17) is 15.9 Å². The number of carbonyl (C=O) groups excluding carboxylic acids is 1. The molecule has 27 heavy (non-hydrogen) atoms. The van der Waals surface area contributed by atoms with Crippen LogP contribution in [-0.4, -0.2) is 18.6 Å². The summed E-state index contributed by atoms with van der Waals surface area (Å²) in [5, 5.41) is 12.0. The Hall–Kier alpha value is -3.70. The fraction of sp³-hybridized carbons (Fsp3) is 0.182. The fourth-order valence-corrected chi connectivity index (χ4v) is 2.22. The lowest BCUT2D eigenvalue weighted by atomic mass is 10.1. The molecule has 2 aromatic rings. The molecular weight excluding hydrogens is 340 g/mol. The van der Waals surface area contributed by atoms with Gasteiger partial charge in [-0.25, -0.2) is 0 Å². The van der Waals surface area contributed by atoms with Crippen LogP contribution in [0.5, 0.6) is 11.5 Å². The second kappa shape index (κ2) is 9.70. The van der Waals surface area contributed by atoms with E-state index in [1.54, 1.807) is 48.5 Å². The number of amides is 1. The van der Waals surface area contributed by atoms with Gasteiger partial charge in [-0.15, -0.1) is 6.42 Å². The summed E-state index contributed by atoms with van der Waals surface area (Å²) in [5.74, 6) is 3.16. The van der Waals surface area contributed by atoms with Crippen LogP contribution in [0.3, 0.4) is 0 Å². The first-order valence-corrected chi connectivity index (χ1v) is 8.38. The molecule has 0 aliphatic heterocycles. The normalized spacial score (nSPS) is 10.6. The van der Waals surface area contributed by atoms with E-state index in [-0.39, 0.29) is 18.3 Å². The van der Waals surface area contributed by atoms with Crippen molar-refractivity contribution in [2.24, 2.45) is 0 Å². The zero-order valence-corrected chi connectivity index (χ0v) is 15.2. The summed E-state index contributed by atoms with van der Waals surface area (Å²) in [5.41, 5.74) is 1.24. The van der Waals surface area contributed by atoms with E-state index >= 15 is 0 Å². The minimum Gasteiger partial charge on any atom is -0.491 e. The highest BCUT2D eigenvalue weighted by Gasteiger charge is 2.10. The van der Waals surface area contributed by atoms with Crippen molar-refractivity contribution in [3.8, 4) is 29.9 Å². The maximum atomic E-state index is 12.4. The van der Waals surface area contributed by atoms with Crippen LogP contribution >= 0.6 is 0 Å². The van der Waals surface area contributed by atoms with Gasteiger partial charge in [0.1, 0.15) is 29.7 Å². The molecule has 0 unspecified atom stereocenters. The second-order valence-corrected chi connectivity index (χ2v) is 5.88. The Morgan fingerprint density at radius 1 is 1.22 bits per heavy atom. The van der Waals surface area contributed by atoms with Crippen LogP contribution in [-0.2, 0) is 4.79 Å². The van der Waals surface area contributed by atoms with Crippen LogP contribution < -0.4 is 14.8 Å². The quantitative estimate of drug-likeness (QED) is 0.460. The lowest BCUT2D eigenvalue weighted by Gasteiger charge is -2.11. The molecule has 5 nitrogen and oxygen atoms in total. The van der Waals surface area contributed by atoms with Gasteiger partial charge in [-0.1, -0.05) is 24.1 Å². The molecule has 0 aliphatic rings. The van der Waals surface area contributed by atoms with Gasteiger partial charge in [0.2, 0.25) is 0 Å². The summed E-state index contributed by atoms with van der Waals surface area (Å²) < 4.78 is 10.9. The molecule has 2 rings (SSSR count). The third-order valence-corrected chi connectivity index (χ3v) is 3.34. The Balaban J connectivity index is 2.10. The van der Waals surface area contributed by atoms with Crippen molar-refractivity contribution in [3.05, 3.63) is 59.7 Å². The number of carbonyl (C=O) groups is 1. The summed E-state index contributed by atoms with van der Waals surface area (Å²) in [4.78, 5) is 12.4. The third-order valence-electron chi connectivity index (χ3n) is 3.34. The van der Waals surface area contributed by atoms with Crippen molar-refractivity contribution in [2.45, 2.75) is 20.0 Å². The van der Waals surface area contributed by atoms with E-state index in [1.165, 1.54) is 6.08 Å². The van der Waals surface area contributed by atoms with Crippen molar-refractivity contribution >= 4 is 17.7 Å². The number of ether oxygens (including phenoxy) is 2. The molecule has 0 spiro atoms. The van der Waals surface area contributed by atoms with E-state index in [1.807, 2.05) is 19.9 Å². The molecule has 1 amide bonds. The Morgan fingerprint density at radius 2 is 1.96 bits per heavy atom. The van der Waals surface area contributed by atoms with Gasteiger partial charge in [0.25, 0.3) is 5.91 Å². The summed E-state index contributed by atoms with van der Waals surface area (Å²) in [6.45, 7) is 4.02. The van der Waals surface area contributed by atoms with Gasteiger partial charge in [0.15, 0.2) is 0 Å². The number of anilines is 1. The Morgan fingerprint density at radius 3 is 2.59 bits per heavy atom. The van der Waals surface area contributed by atoms with Crippen LogP contribution in [0.15, 0.2) is 54.1 Å². The number of nitrogens with zero attached hydrogens (tertiary/aromatic N) is 1. The predicted octanol–water partition coefficient (Wildman–Crippen LogP) is 4.03. The van der Waals surface area contributed by atoms with Crippen molar-refractivity contribution < 1.29 is 14.3 Å². The molecule has 0 heterocycles. The average molecular weight is 360 g/mol. The number of nitriles is 1. The van der Waals surface area contributed by atoms with E-state index in [2.05, 4.69) is 11.2 Å². The molecule has 0 saturated carbocycles. The lowest BCUT2D eigenvalue weighted by molar-refractivity contribution is -0.112. The first kappa shape index (κ1) is 19.6. The van der Waals surface area contributed by atoms with Gasteiger partial charge in [-0.05, 0) is 49.8 Å². The van der Waals surface area contributed by atoms with Crippen LogP contribution in [0.1, 0.15) is 19.4 Å². The monoisotopic (exact) mass is 360 g/mol. The SMILES string of the molecule is C#CCOc1ccc(/C=C(/C#N)C(=O)Nc2cccc(OC(C)C)c2)cc1. The molecule has 0 fully saturated rings. The first-order chi connectivity index (χ1) is 13.0. The summed E-state index contributed by atoms with van der Waals surface area (Å²) in [6, 6.07) is 15.9. The van der Waals surface area contributed by atoms with Gasteiger partial charge in [-0.3, -0.25) is 4.79 Å². The number of terminal acetylenes is 1. The molecule has 0 bridgehead atoms. The van der Waals surface area contributed by atoms with Gasteiger partial charge in [0, 0.05) is 11.8 Å². The molecule has 0 aliphatic carbocycles. The molecule has 136 valence electrons. The zero-order valence-electron chi connectivity index (χ0n) is 15.2. The van der Waals surface area contributed by atoms with Crippen LogP contribution in [0, 0.1) is 23.7 Å². The molecule has 0 aromatic heterocycles. The highest BCUT2D eigenvalue weighted by Crippen LogP contribution is 2.20. The molecule has 5 heteroatoms. The number of rotatable bonds is 7. The number of benzene rings is 2. The maximum absolute atomic E-state index is 12.4. The highest BCUT2D eigenvalue weighted by atomic mass is 16.5. The minimum absolute atomic E-state index is 0.0116. The summed E-state index contributed by atoms with van der Waals surface area (Å²) in [7, 11) is 0. The van der Waals surface area contributed by atoms with Crippen LogP contribution in [0.25, 0.3) is 6.08 Å². The van der Waals surface area contributed by atoms with E-state index in [0.717, 1.165) is 0 Å². The topological polar surface area (TPSA) is 71.3 Å². The van der Waals surface area contributed by atoms with Gasteiger partial charge in [0.05, 0.1) is 6.10 Å². The standard InChI is InChI=1S/C22H20N2O3/c1-4-12-26-20-10-8-17(9-11-20)13-18(15-23)22(25)24-19-6-5-7-21(14-19)27-16(2)3/h1,5-11,13-14,16H,12H2,2-3H3,(H,24,25)/b18-13-. The Kier molecular flexibility index (Phi) is 7.05. The predicted molar refractivity (Wildman–Crippen MR) is 105 cm³/mol. The van der Waals surface area contributed by atoms with Crippen LogP contribution in [0.4, 0.5) is 5.69 Å². The first-order valence-electron chi connectivity index (χ1n) is 8.38. The zero-order chi connectivity index (χ0) is 19.6. The smallest absolute Gasteiger partial charge is 0.266 e. The van der Waals surface area contributed by atoms with Gasteiger partial charge >= 0.3 is 0 Å². The molecule has 2 aromatic carbocycles. The van der Waals surface area contributed by atoms with E-state index < -0.39 is 5.91 Å². The lowest BCUT2D eigenvalue weighted by Crippen LogP contribution is -2.13. The third kappa shape index (κ3) is 6.26. The van der Waals surface area contributed by atoms with Crippen molar-refractivity contribution in [1.29, 1.82) is 5.26 Å². The number of hydrogen-bond acceptors (Lipinski definition) is 4. The fourth-order valence-electron chi connectivity index (χ4n) is 2.22. The summed E-state index contributed by atoms with van der Waals surface area (Å²) in [6.07, 6.45) is 6.68. The molecule has 1 N–H and O–H groups in total. The number of hydrogen-bond donors (Lipinski definition) is 1.